The molecule has 1 aliphatic rings. The van der Waals surface area contributed by atoms with E-state index in [0.717, 1.165) is 27.1 Å². The second kappa shape index (κ2) is 10.9. The van der Waals surface area contributed by atoms with Gasteiger partial charge in [0.15, 0.2) is 0 Å². The number of ether oxygens (including phenoxy) is 1. The Morgan fingerprint density at radius 3 is 2.48 bits per heavy atom. The molecule has 2 aromatic carbocycles. The van der Waals surface area contributed by atoms with Gasteiger partial charge in [0.1, 0.15) is 6.61 Å². The Morgan fingerprint density at radius 2 is 1.80 bits per heavy atom. The molecule has 1 aliphatic heterocycles. The molecule has 1 amide bonds. The van der Waals surface area contributed by atoms with Gasteiger partial charge < -0.3 is 14.7 Å². The number of aryl methyl sites for hydroxylation is 3. The zero-order valence-electron chi connectivity index (χ0n) is 22.6. The third-order valence-electron chi connectivity index (χ3n) is 7.20. The van der Waals surface area contributed by atoms with Crippen LogP contribution in [0.1, 0.15) is 49.7 Å². The Bertz CT molecular complexity index is 1650. The number of aromatic nitrogens is 3. The molecule has 10 heteroatoms. The minimum absolute atomic E-state index is 0.226. The average Bonchev–Trinajstić information content (AvgIpc) is 3.21. The van der Waals surface area contributed by atoms with Crippen molar-refractivity contribution in [2.45, 2.75) is 47.3 Å². The molecular formula is C30H28Cl2N4O4. The Balaban J connectivity index is 1.50. The first-order valence-corrected chi connectivity index (χ1v) is 13.6. The van der Waals surface area contributed by atoms with Gasteiger partial charge in [-0.3, -0.25) is 4.79 Å². The van der Waals surface area contributed by atoms with Gasteiger partial charge in [0.2, 0.25) is 5.88 Å². The van der Waals surface area contributed by atoms with Gasteiger partial charge in [-0.1, -0.05) is 53.5 Å². The van der Waals surface area contributed by atoms with E-state index in [-0.39, 0.29) is 17.5 Å². The molecule has 3 heterocycles. The van der Waals surface area contributed by atoms with E-state index in [2.05, 4.69) is 10.1 Å². The van der Waals surface area contributed by atoms with Crippen molar-refractivity contribution in [2.24, 2.45) is 0 Å². The number of rotatable bonds is 6. The van der Waals surface area contributed by atoms with Crippen LogP contribution < -0.4 is 4.74 Å². The number of pyridine rings is 1. The number of nitrogens with zero attached hydrogens (tertiary/aromatic N) is 4. The smallest absolute Gasteiger partial charge is 0.432 e. The summed E-state index contributed by atoms with van der Waals surface area (Å²) in [6.45, 7) is 8.32. The molecule has 206 valence electrons. The lowest BCUT2D eigenvalue weighted by molar-refractivity contribution is 0.0725. The van der Waals surface area contributed by atoms with Crippen LogP contribution in [0.25, 0.3) is 11.1 Å². The van der Waals surface area contributed by atoms with Crippen molar-refractivity contribution in [2.75, 3.05) is 6.54 Å². The lowest BCUT2D eigenvalue weighted by Crippen LogP contribution is -2.38. The highest BCUT2D eigenvalue weighted by atomic mass is 35.5. The number of hydrogen-bond donors (Lipinski definition) is 1. The number of benzene rings is 2. The molecule has 40 heavy (non-hydrogen) atoms. The lowest BCUT2D eigenvalue weighted by Gasteiger charge is -2.31. The predicted octanol–water partition coefficient (Wildman–Crippen LogP) is 6.79. The molecule has 0 spiro atoms. The summed E-state index contributed by atoms with van der Waals surface area (Å²) in [5.41, 5.74) is 6.52. The molecule has 0 saturated heterocycles. The Hall–Kier alpha value is -3.88. The van der Waals surface area contributed by atoms with E-state index in [1.54, 1.807) is 24.8 Å². The Labute approximate surface area is 242 Å². The van der Waals surface area contributed by atoms with Gasteiger partial charge >= 0.3 is 6.09 Å². The molecule has 4 aromatic rings. The predicted molar refractivity (Wildman–Crippen MR) is 154 cm³/mol. The lowest BCUT2D eigenvalue weighted by atomic mass is 9.92. The molecule has 0 radical (unpaired) electrons. The molecule has 2 aromatic heterocycles. The van der Waals surface area contributed by atoms with Crippen LogP contribution in [0, 0.1) is 27.7 Å². The molecule has 8 nitrogen and oxygen atoms in total. The number of carbonyl (C=O) groups is 2. The van der Waals surface area contributed by atoms with E-state index in [0.29, 0.717) is 64.1 Å². The summed E-state index contributed by atoms with van der Waals surface area (Å²) >= 11 is 13.6. The Kier molecular flexibility index (Phi) is 7.57. The van der Waals surface area contributed by atoms with Gasteiger partial charge in [0.25, 0.3) is 5.91 Å². The molecule has 0 saturated carbocycles. The van der Waals surface area contributed by atoms with Crippen molar-refractivity contribution in [3.8, 4) is 17.0 Å². The summed E-state index contributed by atoms with van der Waals surface area (Å²) in [6, 6.07) is 13.5. The van der Waals surface area contributed by atoms with E-state index < -0.39 is 6.09 Å². The molecular weight excluding hydrogens is 551 g/mol. The fraction of sp³-hybridized carbons (Fsp3) is 0.267. The minimum atomic E-state index is -1.21. The largest absolute Gasteiger partial charge is 0.473 e. The molecule has 1 N–H and O–H groups in total. The third kappa shape index (κ3) is 5.05. The number of hydrogen-bond acceptors (Lipinski definition) is 5. The summed E-state index contributed by atoms with van der Waals surface area (Å²) < 4.78 is 7.04. The Morgan fingerprint density at radius 1 is 1.07 bits per heavy atom. The van der Waals surface area contributed by atoms with Crippen LogP contribution in [0.4, 0.5) is 4.79 Å². The fourth-order valence-electron chi connectivity index (χ4n) is 5.25. The first-order valence-electron chi connectivity index (χ1n) is 12.8. The van der Waals surface area contributed by atoms with Crippen molar-refractivity contribution in [1.82, 2.24) is 19.7 Å². The summed E-state index contributed by atoms with van der Waals surface area (Å²) in [5, 5.41) is 14.3. The topological polar surface area (TPSA) is 97.6 Å². The molecule has 0 unspecified atom stereocenters. The van der Waals surface area contributed by atoms with Crippen LogP contribution in [0.5, 0.6) is 5.88 Å². The van der Waals surface area contributed by atoms with Crippen LogP contribution in [0.3, 0.4) is 0 Å². The summed E-state index contributed by atoms with van der Waals surface area (Å²) in [7, 11) is 0. The SMILES string of the molecule is Cc1cc(C)c(CN2CCc3c(Cl)cc(-c4c(C)nn(C(=O)O)c4C)c(Cl)c3C2=O)c(OCc2ccccc2)n1. The van der Waals surface area contributed by atoms with Crippen molar-refractivity contribution < 1.29 is 19.4 Å². The van der Waals surface area contributed by atoms with Crippen LogP contribution >= 0.6 is 23.2 Å². The highest BCUT2D eigenvalue weighted by Gasteiger charge is 2.32. The second-order valence-corrected chi connectivity index (χ2v) is 10.7. The zero-order chi connectivity index (χ0) is 28.7. The van der Waals surface area contributed by atoms with E-state index in [1.807, 2.05) is 50.2 Å². The average molecular weight is 579 g/mol. The van der Waals surface area contributed by atoms with E-state index in [9.17, 15) is 14.7 Å². The number of halogens is 2. The standard InChI is InChI=1S/C30H28Cl2N4O4/c1-16-12-17(2)33-28(40-15-20-8-6-5-7-9-20)23(16)14-35-11-10-21-24(31)13-22(27(32)26(21)29(35)37)25-18(3)34-36(19(25)4)30(38)39/h5-9,12-13H,10-11,14-15H2,1-4H3,(H,38,39). The van der Waals surface area contributed by atoms with E-state index >= 15 is 0 Å². The highest BCUT2D eigenvalue weighted by molar-refractivity contribution is 6.39. The van der Waals surface area contributed by atoms with Gasteiger partial charge in [0.05, 0.1) is 28.5 Å². The summed E-state index contributed by atoms with van der Waals surface area (Å²) in [4.78, 5) is 31.9. The number of carbonyl (C=O) groups excluding carboxylic acids is 1. The first kappa shape index (κ1) is 27.7. The molecule has 5 rings (SSSR count). The summed E-state index contributed by atoms with van der Waals surface area (Å²) in [6.07, 6.45) is -0.688. The van der Waals surface area contributed by atoms with Crippen LogP contribution in [-0.4, -0.2) is 43.3 Å². The maximum Gasteiger partial charge on any atom is 0.432 e. The molecule has 0 bridgehead atoms. The zero-order valence-corrected chi connectivity index (χ0v) is 24.1. The molecule has 0 fully saturated rings. The van der Waals surface area contributed by atoms with Crippen molar-refractivity contribution in [3.63, 3.8) is 0 Å². The van der Waals surface area contributed by atoms with Gasteiger partial charge in [-0.15, -0.1) is 0 Å². The van der Waals surface area contributed by atoms with Crippen LogP contribution in [0.15, 0.2) is 42.5 Å². The second-order valence-electron chi connectivity index (χ2n) is 9.93. The maximum atomic E-state index is 13.9. The van der Waals surface area contributed by atoms with E-state index in [4.69, 9.17) is 27.9 Å². The van der Waals surface area contributed by atoms with Crippen molar-refractivity contribution in [1.29, 1.82) is 0 Å². The normalized spacial score (nSPS) is 12.9. The van der Waals surface area contributed by atoms with Gasteiger partial charge in [0, 0.05) is 34.0 Å². The van der Waals surface area contributed by atoms with Gasteiger partial charge in [-0.2, -0.15) is 9.78 Å². The van der Waals surface area contributed by atoms with Gasteiger partial charge in [-0.05, 0) is 62.9 Å². The van der Waals surface area contributed by atoms with Gasteiger partial charge in [-0.25, -0.2) is 9.78 Å². The monoisotopic (exact) mass is 578 g/mol. The third-order valence-corrected chi connectivity index (χ3v) is 7.93. The fourth-order valence-corrected chi connectivity index (χ4v) is 5.89. The molecule has 0 aliphatic carbocycles. The number of amides is 1. The first-order chi connectivity index (χ1) is 19.1. The number of carboxylic acid groups (broad SMARTS) is 1. The van der Waals surface area contributed by atoms with E-state index in [1.165, 1.54) is 0 Å². The highest BCUT2D eigenvalue weighted by Crippen LogP contribution is 2.42. The number of fused-ring (bicyclic) bond motifs is 1. The van der Waals surface area contributed by atoms with Crippen molar-refractivity contribution in [3.05, 3.63) is 97.4 Å². The van der Waals surface area contributed by atoms with Crippen LogP contribution in [-0.2, 0) is 19.6 Å². The molecule has 0 atom stereocenters. The summed E-state index contributed by atoms with van der Waals surface area (Å²) in [5.74, 6) is 0.232. The maximum absolute atomic E-state index is 13.9. The quantitative estimate of drug-likeness (QED) is 0.270. The minimum Gasteiger partial charge on any atom is -0.473 e. The van der Waals surface area contributed by atoms with Crippen molar-refractivity contribution >= 4 is 35.2 Å². The van der Waals surface area contributed by atoms with Crippen LogP contribution in [0.2, 0.25) is 10.0 Å².